The molecule has 1 aliphatic heterocycles. The van der Waals surface area contributed by atoms with Gasteiger partial charge in [0.1, 0.15) is 0 Å². The Labute approximate surface area is 225 Å². The quantitative estimate of drug-likeness (QED) is 0.317. The Kier molecular flexibility index (Phi) is 7.26. The number of ketones is 1. The summed E-state index contributed by atoms with van der Waals surface area (Å²) in [4.78, 5) is 13.8. The van der Waals surface area contributed by atoms with Gasteiger partial charge in [-0.2, -0.15) is 0 Å². The van der Waals surface area contributed by atoms with Crippen LogP contribution in [0.3, 0.4) is 0 Å². The molecule has 5 nitrogen and oxygen atoms in total. The SMILES string of the molecule is CCOc1cc(C2Nc3ccccc3NC3=C2C(=O)CC(c2ccc(Cl)cc2)C3)cc(Br)c1OCC. The second-order valence-corrected chi connectivity index (χ2v) is 10.2. The number of nitrogens with one attached hydrogen (secondary N) is 2. The highest BCUT2D eigenvalue weighted by Crippen LogP contribution is 2.46. The van der Waals surface area contributed by atoms with E-state index in [2.05, 4.69) is 26.6 Å². The van der Waals surface area contributed by atoms with Crippen molar-refractivity contribution in [3.63, 3.8) is 0 Å². The summed E-state index contributed by atoms with van der Waals surface area (Å²) in [6.45, 7) is 4.92. The largest absolute Gasteiger partial charge is 0.490 e. The lowest BCUT2D eigenvalue weighted by atomic mass is 9.78. The molecule has 0 radical (unpaired) electrons. The first-order chi connectivity index (χ1) is 17.5. The molecule has 0 bridgehead atoms. The van der Waals surface area contributed by atoms with Gasteiger partial charge in [-0.3, -0.25) is 4.79 Å². The van der Waals surface area contributed by atoms with E-state index in [1.165, 1.54) is 0 Å². The van der Waals surface area contributed by atoms with Crippen LogP contribution in [0.4, 0.5) is 11.4 Å². The summed E-state index contributed by atoms with van der Waals surface area (Å²) in [6, 6.07) is 19.5. The van der Waals surface area contributed by atoms with E-state index in [-0.39, 0.29) is 17.7 Å². The van der Waals surface area contributed by atoms with E-state index in [1.807, 2.05) is 74.5 Å². The Hall–Kier alpha value is -2.96. The van der Waals surface area contributed by atoms with E-state index in [1.54, 1.807) is 0 Å². The zero-order valence-corrected chi connectivity index (χ0v) is 22.6. The minimum Gasteiger partial charge on any atom is -0.490 e. The summed E-state index contributed by atoms with van der Waals surface area (Å²) < 4.78 is 12.6. The number of halogens is 2. The number of carbonyl (C=O) groups excluding carboxylic acids is 1. The van der Waals surface area contributed by atoms with Gasteiger partial charge >= 0.3 is 0 Å². The maximum atomic E-state index is 13.8. The zero-order chi connectivity index (χ0) is 25.2. The van der Waals surface area contributed by atoms with Crippen LogP contribution in [0.2, 0.25) is 5.02 Å². The maximum Gasteiger partial charge on any atom is 0.175 e. The number of para-hydroxylation sites is 2. The van der Waals surface area contributed by atoms with Crippen molar-refractivity contribution in [3.05, 3.63) is 92.6 Å². The van der Waals surface area contributed by atoms with Gasteiger partial charge < -0.3 is 20.1 Å². The molecule has 2 N–H and O–H groups in total. The Morgan fingerprint density at radius 1 is 0.944 bits per heavy atom. The number of hydrogen-bond donors (Lipinski definition) is 2. The summed E-state index contributed by atoms with van der Waals surface area (Å²) in [6.07, 6.45) is 1.17. The monoisotopic (exact) mass is 566 g/mol. The van der Waals surface area contributed by atoms with Crippen LogP contribution in [0, 0.1) is 0 Å². The molecule has 5 rings (SSSR count). The fraction of sp³-hybridized carbons (Fsp3) is 0.276. The van der Waals surface area contributed by atoms with Gasteiger partial charge in [0.25, 0.3) is 0 Å². The zero-order valence-electron chi connectivity index (χ0n) is 20.2. The van der Waals surface area contributed by atoms with Crippen molar-refractivity contribution in [1.29, 1.82) is 0 Å². The second kappa shape index (κ2) is 10.6. The van der Waals surface area contributed by atoms with Gasteiger partial charge in [-0.1, -0.05) is 35.9 Å². The molecule has 2 aliphatic rings. The average molecular weight is 568 g/mol. The molecule has 7 heteroatoms. The minimum absolute atomic E-state index is 0.0815. The van der Waals surface area contributed by atoms with Crippen LogP contribution >= 0.6 is 27.5 Å². The first-order valence-electron chi connectivity index (χ1n) is 12.2. The molecular formula is C29H28BrClN2O3. The van der Waals surface area contributed by atoms with Crippen LogP contribution in [0.25, 0.3) is 0 Å². The molecule has 0 aromatic heterocycles. The van der Waals surface area contributed by atoms with Crippen LogP contribution in [-0.4, -0.2) is 19.0 Å². The predicted octanol–water partition coefficient (Wildman–Crippen LogP) is 7.88. The highest BCUT2D eigenvalue weighted by Gasteiger charge is 2.36. The van der Waals surface area contributed by atoms with Crippen LogP contribution in [0.5, 0.6) is 11.5 Å². The third kappa shape index (κ3) is 4.84. The van der Waals surface area contributed by atoms with Gasteiger partial charge in [0.05, 0.1) is 35.1 Å². The number of rotatable bonds is 6. The summed E-state index contributed by atoms with van der Waals surface area (Å²) in [5.41, 5.74) is 5.64. The van der Waals surface area contributed by atoms with E-state index >= 15 is 0 Å². The highest BCUT2D eigenvalue weighted by atomic mass is 79.9. The molecule has 0 saturated heterocycles. The third-order valence-corrected chi connectivity index (χ3v) is 7.45. The van der Waals surface area contributed by atoms with Crippen molar-refractivity contribution in [2.45, 2.75) is 38.6 Å². The standard InChI is InChI=1S/C29H28BrClN2O3/c1-3-35-26-16-19(13-21(30)29(26)36-4-2)28-27-24(32-22-7-5-6-8-23(22)33-28)14-18(15-25(27)34)17-9-11-20(31)12-10-17/h5-13,16,18,28,32-33H,3-4,14-15H2,1-2H3. The highest BCUT2D eigenvalue weighted by molar-refractivity contribution is 9.10. The molecule has 186 valence electrons. The number of hydrogen-bond acceptors (Lipinski definition) is 5. The lowest BCUT2D eigenvalue weighted by Gasteiger charge is -2.30. The number of ether oxygens (including phenoxy) is 2. The topological polar surface area (TPSA) is 59.6 Å². The lowest BCUT2D eigenvalue weighted by Crippen LogP contribution is -2.27. The molecular weight excluding hydrogens is 540 g/mol. The molecule has 36 heavy (non-hydrogen) atoms. The fourth-order valence-corrected chi connectivity index (χ4v) is 5.72. The summed E-state index contributed by atoms with van der Waals surface area (Å²) >= 11 is 9.79. The number of benzene rings is 3. The van der Waals surface area contributed by atoms with Crippen molar-refractivity contribution in [3.8, 4) is 11.5 Å². The molecule has 0 fully saturated rings. The second-order valence-electron chi connectivity index (χ2n) is 8.92. The number of anilines is 2. The normalized spacial score (nSPS) is 18.9. The van der Waals surface area contributed by atoms with E-state index < -0.39 is 0 Å². The van der Waals surface area contributed by atoms with Crippen LogP contribution in [0.1, 0.15) is 49.8 Å². The molecule has 3 aromatic rings. The Morgan fingerprint density at radius 3 is 2.39 bits per heavy atom. The smallest absolute Gasteiger partial charge is 0.175 e. The van der Waals surface area contributed by atoms with Crippen molar-refractivity contribution < 1.29 is 14.3 Å². The van der Waals surface area contributed by atoms with Gasteiger partial charge in [0.2, 0.25) is 0 Å². The molecule has 2 atom stereocenters. The number of carbonyl (C=O) groups is 1. The summed E-state index contributed by atoms with van der Waals surface area (Å²) in [5, 5.41) is 7.92. The molecule has 1 aliphatic carbocycles. The van der Waals surface area contributed by atoms with E-state index in [4.69, 9.17) is 21.1 Å². The van der Waals surface area contributed by atoms with Crippen molar-refractivity contribution in [2.75, 3.05) is 23.8 Å². The molecule has 3 aromatic carbocycles. The van der Waals surface area contributed by atoms with Gasteiger partial charge in [-0.15, -0.1) is 0 Å². The number of allylic oxidation sites excluding steroid dienone is 1. The first kappa shape index (κ1) is 24.7. The van der Waals surface area contributed by atoms with Crippen molar-refractivity contribution in [2.24, 2.45) is 0 Å². The van der Waals surface area contributed by atoms with E-state index in [0.717, 1.165) is 44.7 Å². The Morgan fingerprint density at radius 2 is 1.67 bits per heavy atom. The van der Waals surface area contributed by atoms with Gasteiger partial charge in [-0.25, -0.2) is 0 Å². The van der Waals surface area contributed by atoms with Gasteiger partial charge in [0, 0.05) is 22.7 Å². The summed E-state index contributed by atoms with van der Waals surface area (Å²) in [5.74, 6) is 1.53. The van der Waals surface area contributed by atoms with Gasteiger partial charge in [0.15, 0.2) is 17.3 Å². The van der Waals surface area contributed by atoms with Crippen LogP contribution < -0.4 is 20.1 Å². The molecule has 2 unspecified atom stereocenters. The number of Topliss-reactive ketones (excluding diaryl/α,β-unsaturated/α-hetero) is 1. The average Bonchev–Trinajstić information content (AvgIpc) is 3.03. The molecule has 0 amide bonds. The molecule has 0 spiro atoms. The van der Waals surface area contributed by atoms with E-state index in [0.29, 0.717) is 36.2 Å². The Bertz CT molecular complexity index is 1320. The minimum atomic E-state index is -0.346. The van der Waals surface area contributed by atoms with Crippen molar-refractivity contribution >= 4 is 44.7 Å². The Balaban J connectivity index is 1.62. The maximum absolute atomic E-state index is 13.8. The lowest BCUT2D eigenvalue weighted by molar-refractivity contribution is -0.116. The van der Waals surface area contributed by atoms with Crippen LogP contribution in [-0.2, 0) is 4.79 Å². The fourth-order valence-electron chi connectivity index (χ4n) is 5.01. The molecule has 0 saturated carbocycles. The third-order valence-electron chi connectivity index (χ3n) is 6.60. The molecule has 1 heterocycles. The predicted molar refractivity (Wildman–Crippen MR) is 148 cm³/mol. The van der Waals surface area contributed by atoms with Gasteiger partial charge in [-0.05, 0) is 89.6 Å². The summed E-state index contributed by atoms with van der Waals surface area (Å²) in [7, 11) is 0. The van der Waals surface area contributed by atoms with E-state index in [9.17, 15) is 4.79 Å². The van der Waals surface area contributed by atoms with Crippen molar-refractivity contribution in [1.82, 2.24) is 0 Å². The first-order valence-corrected chi connectivity index (χ1v) is 13.4. The number of fused-ring (bicyclic) bond motifs is 1. The van der Waals surface area contributed by atoms with Crippen LogP contribution in [0.15, 0.2) is 76.4 Å².